The molecule has 0 fully saturated rings. The van der Waals surface area contributed by atoms with E-state index in [2.05, 4.69) is 18.2 Å². The van der Waals surface area contributed by atoms with Gasteiger partial charge in [-0.05, 0) is 42.0 Å². The van der Waals surface area contributed by atoms with Crippen molar-refractivity contribution in [3.05, 3.63) is 88.6 Å². The number of para-hydroxylation sites is 1. The number of hydrogen-bond acceptors (Lipinski definition) is 5. The van der Waals surface area contributed by atoms with Crippen LogP contribution in [-0.2, 0) is 16.8 Å². The van der Waals surface area contributed by atoms with Crippen molar-refractivity contribution in [3.8, 4) is 18.2 Å². The van der Waals surface area contributed by atoms with Crippen LogP contribution in [0.5, 0.6) is 0 Å². The average Bonchev–Trinajstić information content (AvgIpc) is 3.10. The quantitative estimate of drug-likeness (QED) is 0.772. The van der Waals surface area contributed by atoms with Gasteiger partial charge in [-0.15, -0.1) is 0 Å². The molecular weight excluding hydrogens is 410 g/mol. The second-order valence-electron chi connectivity index (χ2n) is 8.72. The lowest BCUT2D eigenvalue weighted by Gasteiger charge is -2.49. The molecule has 0 bridgehead atoms. The Labute approximate surface area is 192 Å². The smallest absolute Gasteiger partial charge is 0.241 e. The maximum Gasteiger partial charge on any atom is 0.241 e. The lowest BCUT2D eigenvalue weighted by molar-refractivity contribution is -0.127. The van der Waals surface area contributed by atoms with Gasteiger partial charge in [0, 0.05) is 11.6 Å². The van der Waals surface area contributed by atoms with E-state index in [1.165, 1.54) is 0 Å². The number of rotatable bonds is 2. The summed E-state index contributed by atoms with van der Waals surface area (Å²) in [5, 5.41) is 30.9. The number of allylic oxidation sites excluding steroid dienone is 4. The fourth-order valence-corrected chi connectivity index (χ4v) is 5.97. The van der Waals surface area contributed by atoms with Crippen molar-refractivity contribution in [3.63, 3.8) is 0 Å². The molecule has 0 unspecified atom stereocenters. The van der Waals surface area contributed by atoms with E-state index in [0.29, 0.717) is 29.8 Å². The molecule has 1 aliphatic heterocycles. The summed E-state index contributed by atoms with van der Waals surface area (Å²) < 4.78 is 0. The van der Waals surface area contributed by atoms with Gasteiger partial charge in [0.2, 0.25) is 11.3 Å². The second-order valence-corrected chi connectivity index (χ2v) is 8.72. The zero-order valence-electron chi connectivity index (χ0n) is 18.0. The van der Waals surface area contributed by atoms with Crippen molar-refractivity contribution in [2.24, 2.45) is 17.1 Å². The Kier molecular flexibility index (Phi) is 4.59. The molecular formula is C27H21N5O. The van der Waals surface area contributed by atoms with Gasteiger partial charge in [0.15, 0.2) is 0 Å². The summed E-state index contributed by atoms with van der Waals surface area (Å²) in [7, 11) is 0. The number of nitriles is 3. The molecule has 0 saturated heterocycles. The fourth-order valence-electron chi connectivity index (χ4n) is 5.97. The molecule has 160 valence electrons. The molecule has 2 aliphatic carbocycles. The third-order valence-corrected chi connectivity index (χ3v) is 7.35. The second kappa shape index (κ2) is 7.37. The lowest BCUT2D eigenvalue weighted by Crippen LogP contribution is -2.61. The molecule has 2 aromatic rings. The summed E-state index contributed by atoms with van der Waals surface area (Å²) in [6.07, 6.45) is 4.11. The number of anilines is 1. The molecule has 0 saturated carbocycles. The first-order valence-electron chi connectivity index (χ1n) is 11.0. The molecule has 6 heteroatoms. The molecule has 2 atom stereocenters. The zero-order chi connectivity index (χ0) is 23.2. The van der Waals surface area contributed by atoms with Gasteiger partial charge >= 0.3 is 0 Å². The molecule has 0 radical (unpaired) electrons. The van der Waals surface area contributed by atoms with Gasteiger partial charge in [-0.2, -0.15) is 15.8 Å². The van der Waals surface area contributed by atoms with Crippen LogP contribution in [0.3, 0.4) is 0 Å². The summed E-state index contributed by atoms with van der Waals surface area (Å²) >= 11 is 0. The van der Waals surface area contributed by atoms with Gasteiger partial charge in [-0.25, -0.2) is 0 Å². The normalized spacial score (nSPS) is 24.9. The third-order valence-electron chi connectivity index (χ3n) is 7.35. The molecule has 2 N–H and O–H groups in total. The van der Waals surface area contributed by atoms with Crippen molar-refractivity contribution < 1.29 is 4.79 Å². The number of carbonyl (C=O) groups is 1. The minimum absolute atomic E-state index is 0.121. The Hall–Kier alpha value is -4.34. The van der Waals surface area contributed by atoms with Gasteiger partial charge in [0.25, 0.3) is 0 Å². The maximum absolute atomic E-state index is 14.5. The Morgan fingerprint density at radius 3 is 2.42 bits per heavy atom. The van der Waals surface area contributed by atoms with Crippen LogP contribution in [0.25, 0.3) is 0 Å². The Bertz CT molecular complexity index is 1340. The van der Waals surface area contributed by atoms with Crippen LogP contribution in [0.4, 0.5) is 5.69 Å². The van der Waals surface area contributed by atoms with Gasteiger partial charge in [0.05, 0.1) is 30.0 Å². The molecule has 6 nitrogen and oxygen atoms in total. The summed E-state index contributed by atoms with van der Waals surface area (Å²) in [6, 6.07) is 23.4. The molecule has 33 heavy (non-hydrogen) atoms. The van der Waals surface area contributed by atoms with E-state index in [1.54, 1.807) is 4.90 Å². The molecule has 0 aromatic heterocycles. The van der Waals surface area contributed by atoms with E-state index in [-0.39, 0.29) is 17.2 Å². The number of benzene rings is 2. The molecule has 3 aliphatic rings. The molecule has 1 heterocycles. The first-order chi connectivity index (χ1) is 16.1. The lowest BCUT2D eigenvalue weighted by atomic mass is 9.47. The Balaban J connectivity index is 1.85. The van der Waals surface area contributed by atoms with E-state index in [0.717, 1.165) is 18.4 Å². The Morgan fingerprint density at radius 1 is 1.03 bits per heavy atom. The number of nitrogens with zero attached hydrogens (tertiary/aromatic N) is 4. The van der Waals surface area contributed by atoms with E-state index in [4.69, 9.17) is 5.73 Å². The standard InChI is InChI=1S/C27H21N5O/c28-14-20-19-10-4-5-11-21(19)27(26(16-29,17-30)24(20)31)22-12-6-7-13-23(22)32(25(27)33)15-18-8-2-1-3-9-18/h1-3,6-10,12-13,21H,4-5,11,15,31H2/t21-,27+/m0/s1. The van der Waals surface area contributed by atoms with Crippen molar-refractivity contribution in [1.82, 2.24) is 0 Å². The highest BCUT2D eigenvalue weighted by Crippen LogP contribution is 2.64. The van der Waals surface area contributed by atoms with Crippen LogP contribution in [0, 0.1) is 45.3 Å². The SMILES string of the molecule is N#CC1=C(N)C(C#N)(C#N)[C@]2(C(=O)N(Cc3ccccc3)c3ccccc32)[C@H]2CCCC=C12. The van der Waals surface area contributed by atoms with Crippen LogP contribution in [-0.4, -0.2) is 5.91 Å². The highest BCUT2D eigenvalue weighted by atomic mass is 16.2. The topological polar surface area (TPSA) is 118 Å². The number of carbonyl (C=O) groups excluding carboxylic acids is 1. The summed E-state index contributed by atoms with van der Waals surface area (Å²) in [5.41, 5.74) is 5.95. The molecule has 5 rings (SSSR count). The van der Waals surface area contributed by atoms with Gasteiger partial charge < -0.3 is 10.6 Å². The van der Waals surface area contributed by atoms with Crippen molar-refractivity contribution in [2.45, 2.75) is 31.2 Å². The van der Waals surface area contributed by atoms with Crippen LogP contribution in [0.1, 0.15) is 30.4 Å². The van der Waals surface area contributed by atoms with Crippen molar-refractivity contribution in [2.75, 3.05) is 4.90 Å². The van der Waals surface area contributed by atoms with Gasteiger partial charge in [0.1, 0.15) is 11.5 Å². The van der Waals surface area contributed by atoms with E-state index in [1.807, 2.05) is 60.7 Å². The third kappa shape index (κ3) is 2.43. The maximum atomic E-state index is 14.5. The van der Waals surface area contributed by atoms with Crippen molar-refractivity contribution >= 4 is 11.6 Å². The number of hydrogen-bond donors (Lipinski definition) is 1. The monoisotopic (exact) mass is 431 g/mol. The number of fused-ring (bicyclic) bond motifs is 4. The summed E-state index contributed by atoms with van der Waals surface area (Å²) in [5.74, 6) is -0.796. The van der Waals surface area contributed by atoms with Crippen molar-refractivity contribution in [1.29, 1.82) is 15.8 Å². The van der Waals surface area contributed by atoms with E-state index >= 15 is 0 Å². The average molecular weight is 431 g/mol. The minimum Gasteiger partial charge on any atom is -0.399 e. The zero-order valence-corrected chi connectivity index (χ0v) is 18.0. The predicted molar refractivity (Wildman–Crippen MR) is 122 cm³/mol. The molecule has 1 amide bonds. The van der Waals surface area contributed by atoms with Crippen LogP contribution in [0.2, 0.25) is 0 Å². The summed E-state index contributed by atoms with van der Waals surface area (Å²) in [4.78, 5) is 16.2. The van der Waals surface area contributed by atoms with E-state index < -0.39 is 16.7 Å². The minimum atomic E-state index is -1.99. The number of nitrogens with two attached hydrogens (primary N) is 1. The van der Waals surface area contributed by atoms with Gasteiger partial charge in [-0.3, -0.25) is 4.79 Å². The molecule has 2 aromatic carbocycles. The summed E-state index contributed by atoms with van der Waals surface area (Å²) in [6.45, 7) is 0.311. The van der Waals surface area contributed by atoms with Gasteiger partial charge in [-0.1, -0.05) is 54.6 Å². The number of amides is 1. The highest BCUT2D eigenvalue weighted by Gasteiger charge is 2.72. The van der Waals surface area contributed by atoms with Crippen LogP contribution < -0.4 is 10.6 Å². The highest BCUT2D eigenvalue weighted by molar-refractivity contribution is 6.11. The predicted octanol–water partition coefficient (Wildman–Crippen LogP) is 3.98. The van der Waals surface area contributed by atoms with E-state index in [9.17, 15) is 20.6 Å². The largest absolute Gasteiger partial charge is 0.399 e. The Morgan fingerprint density at radius 2 is 1.73 bits per heavy atom. The first-order valence-corrected chi connectivity index (χ1v) is 11.0. The van der Waals surface area contributed by atoms with Crippen LogP contribution in [0.15, 0.2) is 77.5 Å². The van der Waals surface area contributed by atoms with Crippen LogP contribution >= 0.6 is 0 Å². The molecule has 1 spiro atoms. The fraction of sp³-hybridized carbons (Fsp3) is 0.259. The first kappa shape index (κ1) is 20.6.